The van der Waals surface area contributed by atoms with Gasteiger partial charge in [-0.1, -0.05) is 6.07 Å². The fourth-order valence-corrected chi connectivity index (χ4v) is 2.59. The molecule has 1 atom stereocenters. The molecule has 1 aliphatic heterocycles. The fourth-order valence-electron chi connectivity index (χ4n) is 2.59. The maximum Gasteiger partial charge on any atom is 0.416 e. The summed E-state index contributed by atoms with van der Waals surface area (Å²) in [7, 11) is 1.64. The van der Waals surface area contributed by atoms with Crippen molar-refractivity contribution in [2.24, 2.45) is 0 Å². The van der Waals surface area contributed by atoms with Crippen molar-refractivity contribution in [3.63, 3.8) is 0 Å². The summed E-state index contributed by atoms with van der Waals surface area (Å²) in [5, 5.41) is 0. The SMILES string of the molecule is COC1CCCN(Cc2ccc(N)cc2C(F)(F)F)C1. The van der Waals surface area contributed by atoms with Gasteiger partial charge in [0, 0.05) is 25.9 Å². The molecular weight excluding hydrogens is 269 g/mol. The largest absolute Gasteiger partial charge is 0.416 e. The highest BCUT2D eigenvalue weighted by Crippen LogP contribution is 2.34. The predicted octanol–water partition coefficient (Wildman–Crippen LogP) is 2.90. The van der Waals surface area contributed by atoms with Crippen molar-refractivity contribution in [3.8, 4) is 0 Å². The van der Waals surface area contributed by atoms with Gasteiger partial charge in [0.25, 0.3) is 0 Å². The van der Waals surface area contributed by atoms with E-state index in [1.54, 1.807) is 7.11 Å². The summed E-state index contributed by atoms with van der Waals surface area (Å²) in [6.45, 7) is 1.73. The van der Waals surface area contributed by atoms with Gasteiger partial charge in [0.05, 0.1) is 11.7 Å². The van der Waals surface area contributed by atoms with E-state index in [4.69, 9.17) is 10.5 Å². The maximum atomic E-state index is 13.0. The number of ether oxygens (including phenoxy) is 1. The van der Waals surface area contributed by atoms with Crippen molar-refractivity contribution in [1.29, 1.82) is 0 Å². The van der Waals surface area contributed by atoms with Crippen LogP contribution in [0.4, 0.5) is 18.9 Å². The standard InChI is InChI=1S/C14H19F3N2O/c1-20-12-3-2-6-19(9-12)8-10-4-5-11(18)7-13(10)14(15,16)17/h4-5,7,12H,2-3,6,8-9,18H2,1H3. The van der Waals surface area contributed by atoms with Crippen molar-refractivity contribution < 1.29 is 17.9 Å². The number of nitrogens with zero attached hydrogens (tertiary/aromatic N) is 1. The molecule has 0 amide bonds. The third-order valence-corrected chi connectivity index (χ3v) is 3.63. The first-order valence-corrected chi connectivity index (χ1v) is 6.61. The van der Waals surface area contributed by atoms with Crippen LogP contribution in [0.3, 0.4) is 0 Å². The average Bonchev–Trinajstić information content (AvgIpc) is 2.40. The number of piperidine rings is 1. The Morgan fingerprint density at radius 1 is 1.40 bits per heavy atom. The molecule has 2 rings (SSSR count). The highest BCUT2D eigenvalue weighted by atomic mass is 19.4. The Hall–Kier alpha value is -1.27. The summed E-state index contributed by atoms with van der Waals surface area (Å²) in [5.74, 6) is 0. The van der Waals surface area contributed by atoms with Crippen LogP contribution in [0.15, 0.2) is 18.2 Å². The van der Waals surface area contributed by atoms with Crippen LogP contribution in [-0.4, -0.2) is 31.2 Å². The summed E-state index contributed by atoms with van der Waals surface area (Å²) in [6, 6.07) is 3.99. The number of likely N-dealkylation sites (tertiary alicyclic amines) is 1. The Kier molecular flexibility index (Phi) is 4.55. The molecule has 1 saturated heterocycles. The first-order valence-electron chi connectivity index (χ1n) is 6.61. The van der Waals surface area contributed by atoms with E-state index in [2.05, 4.69) is 0 Å². The molecular formula is C14H19F3N2O. The van der Waals surface area contributed by atoms with Gasteiger partial charge >= 0.3 is 6.18 Å². The van der Waals surface area contributed by atoms with Gasteiger partial charge in [-0.05, 0) is 37.1 Å². The smallest absolute Gasteiger partial charge is 0.399 e. The molecule has 2 N–H and O–H groups in total. The minimum atomic E-state index is -4.37. The fraction of sp³-hybridized carbons (Fsp3) is 0.571. The van der Waals surface area contributed by atoms with Gasteiger partial charge in [-0.2, -0.15) is 13.2 Å². The van der Waals surface area contributed by atoms with Gasteiger partial charge in [-0.3, -0.25) is 4.90 Å². The third kappa shape index (κ3) is 3.64. The van der Waals surface area contributed by atoms with Crippen LogP contribution < -0.4 is 5.73 Å². The molecule has 1 aromatic rings. The topological polar surface area (TPSA) is 38.5 Å². The van der Waals surface area contributed by atoms with E-state index in [-0.39, 0.29) is 23.9 Å². The number of nitrogen functional groups attached to an aromatic ring is 1. The van der Waals surface area contributed by atoms with Crippen LogP contribution in [0.5, 0.6) is 0 Å². The van der Waals surface area contributed by atoms with E-state index < -0.39 is 11.7 Å². The Bertz CT molecular complexity index is 462. The molecule has 3 nitrogen and oxygen atoms in total. The van der Waals surface area contributed by atoms with Gasteiger partial charge in [-0.25, -0.2) is 0 Å². The van der Waals surface area contributed by atoms with Gasteiger partial charge < -0.3 is 10.5 Å². The quantitative estimate of drug-likeness (QED) is 0.869. The van der Waals surface area contributed by atoms with Crippen LogP contribution in [0.1, 0.15) is 24.0 Å². The summed E-state index contributed by atoms with van der Waals surface area (Å²) < 4.78 is 44.4. The molecule has 6 heteroatoms. The average molecular weight is 288 g/mol. The number of hydrogen-bond donors (Lipinski definition) is 1. The zero-order chi connectivity index (χ0) is 14.8. The van der Waals surface area contributed by atoms with Crippen LogP contribution in [-0.2, 0) is 17.5 Å². The lowest BCUT2D eigenvalue weighted by Crippen LogP contribution is -2.39. The second kappa shape index (κ2) is 6.01. The van der Waals surface area contributed by atoms with E-state index >= 15 is 0 Å². The molecule has 0 radical (unpaired) electrons. The van der Waals surface area contributed by atoms with E-state index in [1.807, 2.05) is 4.90 Å². The number of alkyl halides is 3. The molecule has 0 aromatic heterocycles. The maximum absolute atomic E-state index is 13.0. The van der Waals surface area contributed by atoms with Crippen molar-refractivity contribution in [2.75, 3.05) is 25.9 Å². The number of halogens is 3. The summed E-state index contributed by atoms with van der Waals surface area (Å²) in [4.78, 5) is 2.00. The van der Waals surface area contributed by atoms with Gasteiger partial charge in [0.1, 0.15) is 0 Å². The van der Waals surface area contributed by atoms with Crippen molar-refractivity contribution in [1.82, 2.24) is 4.90 Å². The third-order valence-electron chi connectivity index (χ3n) is 3.63. The predicted molar refractivity (Wildman–Crippen MR) is 71.2 cm³/mol. The van der Waals surface area contributed by atoms with Crippen LogP contribution >= 0.6 is 0 Å². The molecule has 0 bridgehead atoms. The summed E-state index contributed by atoms with van der Waals surface area (Å²) in [5.41, 5.74) is 5.23. The molecule has 1 aliphatic rings. The lowest BCUT2D eigenvalue weighted by atomic mass is 10.0. The molecule has 1 heterocycles. The Morgan fingerprint density at radius 2 is 2.15 bits per heavy atom. The van der Waals surface area contributed by atoms with E-state index in [9.17, 15) is 13.2 Å². The van der Waals surface area contributed by atoms with Gasteiger partial charge in [-0.15, -0.1) is 0 Å². The molecule has 112 valence electrons. The number of rotatable bonds is 3. The molecule has 20 heavy (non-hydrogen) atoms. The van der Waals surface area contributed by atoms with Gasteiger partial charge in [0.2, 0.25) is 0 Å². The molecule has 0 spiro atoms. The minimum Gasteiger partial charge on any atom is -0.399 e. The number of anilines is 1. The van der Waals surface area contributed by atoms with Crippen LogP contribution in [0, 0.1) is 0 Å². The molecule has 0 saturated carbocycles. The van der Waals surface area contributed by atoms with E-state index in [0.717, 1.165) is 25.5 Å². The summed E-state index contributed by atoms with van der Waals surface area (Å²) >= 11 is 0. The number of hydrogen-bond acceptors (Lipinski definition) is 3. The highest BCUT2D eigenvalue weighted by molar-refractivity contribution is 5.46. The van der Waals surface area contributed by atoms with Crippen LogP contribution in [0.2, 0.25) is 0 Å². The van der Waals surface area contributed by atoms with Crippen LogP contribution in [0.25, 0.3) is 0 Å². The van der Waals surface area contributed by atoms with Crippen molar-refractivity contribution in [2.45, 2.75) is 31.7 Å². The first-order chi connectivity index (χ1) is 9.40. The minimum absolute atomic E-state index is 0.104. The van der Waals surface area contributed by atoms with E-state index in [0.29, 0.717) is 6.54 Å². The van der Waals surface area contributed by atoms with Crippen molar-refractivity contribution >= 4 is 5.69 Å². The number of nitrogens with two attached hydrogens (primary N) is 1. The zero-order valence-corrected chi connectivity index (χ0v) is 11.4. The monoisotopic (exact) mass is 288 g/mol. The number of methoxy groups -OCH3 is 1. The Morgan fingerprint density at radius 3 is 2.80 bits per heavy atom. The molecule has 1 unspecified atom stereocenters. The van der Waals surface area contributed by atoms with Crippen molar-refractivity contribution in [3.05, 3.63) is 29.3 Å². The van der Waals surface area contributed by atoms with Gasteiger partial charge in [0.15, 0.2) is 0 Å². The first kappa shape index (κ1) is 15.1. The zero-order valence-electron chi connectivity index (χ0n) is 11.4. The molecule has 0 aliphatic carbocycles. The normalized spacial score (nSPS) is 21.1. The Labute approximate surface area is 116 Å². The Balaban J connectivity index is 2.16. The highest BCUT2D eigenvalue weighted by Gasteiger charge is 2.34. The second-order valence-corrected chi connectivity index (χ2v) is 5.15. The summed E-state index contributed by atoms with van der Waals surface area (Å²) in [6.07, 6.45) is -2.37. The van der Waals surface area contributed by atoms with E-state index in [1.165, 1.54) is 12.1 Å². The second-order valence-electron chi connectivity index (χ2n) is 5.15. The lowest BCUT2D eigenvalue weighted by molar-refractivity contribution is -0.138. The lowest BCUT2D eigenvalue weighted by Gasteiger charge is -2.32. The molecule has 1 aromatic carbocycles. The number of benzene rings is 1. The molecule has 1 fully saturated rings.